The van der Waals surface area contributed by atoms with E-state index in [-0.39, 0.29) is 6.04 Å². The molecule has 2 heterocycles. The van der Waals surface area contributed by atoms with Crippen molar-refractivity contribution in [2.75, 3.05) is 33.3 Å². The number of hydrogen-bond donors (Lipinski definition) is 0. The molecule has 0 saturated carbocycles. The van der Waals surface area contributed by atoms with Crippen molar-refractivity contribution >= 4 is 0 Å². The number of aryl methyl sites for hydroxylation is 1. The van der Waals surface area contributed by atoms with Crippen LogP contribution in [0, 0.1) is 6.92 Å². The Morgan fingerprint density at radius 2 is 1.91 bits per heavy atom. The van der Waals surface area contributed by atoms with Gasteiger partial charge in [0.25, 0.3) is 0 Å². The fourth-order valence-corrected chi connectivity index (χ4v) is 3.02. The van der Waals surface area contributed by atoms with E-state index < -0.39 is 0 Å². The summed E-state index contributed by atoms with van der Waals surface area (Å²) in [5.41, 5.74) is 1.24. The number of methoxy groups -OCH3 is 1. The number of para-hydroxylation sites is 1. The third-order valence-electron chi connectivity index (χ3n) is 4.44. The Kier molecular flexibility index (Phi) is 4.93. The van der Waals surface area contributed by atoms with Crippen molar-refractivity contribution in [1.29, 1.82) is 0 Å². The number of piperazine rings is 1. The molecular formula is C17H24N4O2. The quantitative estimate of drug-likeness (QED) is 0.843. The average molecular weight is 316 g/mol. The molecule has 1 atom stereocenters. The van der Waals surface area contributed by atoms with Crippen molar-refractivity contribution < 1.29 is 9.15 Å². The van der Waals surface area contributed by atoms with E-state index in [1.165, 1.54) is 5.56 Å². The molecule has 1 unspecified atom stereocenters. The van der Waals surface area contributed by atoms with E-state index in [0.717, 1.165) is 38.5 Å². The van der Waals surface area contributed by atoms with Gasteiger partial charge >= 0.3 is 0 Å². The molecule has 2 aromatic rings. The molecule has 0 bridgehead atoms. The van der Waals surface area contributed by atoms with E-state index in [2.05, 4.69) is 39.1 Å². The van der Waals surface area contributed by atoms with Gasteiger partial charge in [-0.1, -0.05) is 18.2 Å². The lowest BCUT2D eigenvalue weighted by Crippen LogP contribution is -2.46. The van der Waals surface area contributed by atoms with Gasteiger partial charge < -0.3 is 9.15 Å². The fraction of sp³-hybridized carbons (Fsp3) is 0.529. The van der Waals surface area contributed by atoms with Gasteiger partial charge in [0, 0.05) is 45.2 Å². The molecule has 0 N–H and O–H groups in total. The third kappa shape index (κ3) is 3.71. The number of nitrogens with zero attached hydrogens (tertiary/aromatic N) is 4. The monoisotopic (exact) mass is 316 g/mol. The van der Waals surface area contributed by atoms with Crippen LogP contribution in [-0.4, -0.2) is 53.3 Å². The summed E-state index contributed by atoms with van der Waals surface area (Å²) in [4.78, 5) is 4.85. The predicted octanol–water partition coefficient (Wildman–Crippen LogP) is 2.27. The van der Waals surface area contributed by atoms with Gasteiger partial charge in [-0.05, 0) is 13.0 Å². The maximum absolute atomic E-state index is 5.56. The van der Waals surface area contributed by atoms with Gasteiger partial charge in [-0.15, -0.1) is 10.2 Å². The first-order valence-corrected chi connectivity index (χ1v) is 8.05. The molecule has 23 heavy (non-hydrogen) atoms. The molecule has 1 fully saturated rings. The second kappa shape index (κ2) is 7.10. The zero-order valence-corrected chi connectivity index (χ0v) is 14.0. The molecule has 1 aliphatic rings. The van der Waals surface area contributed by atoms with Gasteiger partial charge in [-0.3, -0.25) is 9.80 Å². The van der Waals surface area contributed by atoms with Crippen LogP contribution >= 0.6 is 0 Å². The highest BCUT2D eigenvalue weighted by Gasteiger charge is 2.25. The van der Waals surface area contributed by atoms with E-state index in [1.54, 1.807) is 7.11 Å². The lowest BCUT2D eigenvalue weighted by Gasteiger charge is -2.37. The summed E-state index contributed by atoms with van der Waals surface area (Å²) in [5.74, 6) is 2.30. The molecule has 1 aliphatic heterocycles. The molecule has 0 amide bonds. The lowest BCUT2D eigenvalue weighted by atomic mass is 10.1. The highest BCUT2D eigenvalue weighted by molar-refractivity contribution is 5.33. The molecule has 1 saturated heterocycles. The van der Waals surface area contributed by atoms with Crippen LogP contribution in [0.1, 0.15) is 30.3 Å². The predicted molar refractivity (Wildman–Crippen MR) is 87.3 cm³/mol. The first kappa shape index (κ1) is 16.0. The SMILES string of the molecule is COc1ccccc1CN1CCN(C(C)c2nnc(C)o2)CC1. The van der Waals surface area contributed by atoms with E-state index in [0.29, 0.717) is 11.8 Å². The summed E-state index contributed by atoms with van der Waals surface area (Å²) in [7, 11) is 1.73. The lowest BCUT2D eigenvalue weighted by molar-refractivity contribution is 0.0865. The van der Waals surface area contributed by atoms with Crippen LogP contribution in [-0.2, 0) is 6.54 Å². The summed E-state index contributed by atoms with van der Waals surface area (Å²) in [6.07, 6.45) is 0. The molecule has 1 aromatic heterocycles. The third-order valence-corrected chi connectivity index (χ3v) is 4.44. The van der Waals surface area contributed by atoms with Crippen molar-refractivity contribution in [2.45, 2.75) is 26.4 Å². The molecular weight excluding hydrogens is 292 g/mol. The van der Waals surface area contributed by atoms with Gasteiger partial charge in [0.05, 0.1) is 13.2 Å². The Morgan fingerprint density at radius 1 is 1.17 bits per heavy atom. The molecule has 124 valence electrons. The Bertz CT molecular complexity index is 635. The highest BCUT2D eigenvalue weighted by Crippen LogP contribution is 2.23. The summed E-state index contributed by atoms with van der Waals surface area (Å²) in [6.45, 7) is 8.92. The summed E-state index contributed by atoms with van der Waals surface area (Å²) in [5, 5.41) is 8.07. The van der Waals surface area contributed by atoms with Crippen LogP contribution in [0.4, 0.5) is 0 Å². The van der Waals surface area contributed by atoms with Gasteiger partial charge in [0.2, 0.25) is 11.8 Å². The Morgan fingerprint density at radius 3 is 2.57 bits per heavy atom. The standard InChI is InChI=1S/C17H24N4O2/c1-13(17-19-18-14(2)23-17)21-10-8-20(9-11-21)12-15-6-4-5-7-16(15)22-3/h4-7,13H,8-12H2,1-3H3. The smallest absolute Gasteiger partial charge is 0.233 e. The highest BCUT2D eigenvalue weighted by atomic mass is 16.5. The van der Waals surface area contributed by atoms with Crippen molar-refractivity contribution in [3.8, 4) is 5.75 Å². The van der Waals surface area contributed by atoms with E-state index >= 15 is 0 Å². The van der Waals surface area contributed by atoms with Gasteiger partial charge in [0.15, 0.2) is 0 Å². The maximum Gasteiger partial charge on any atom is 0.233 e. The number of rotatable bonds is 5. The van der Waals surface area contributed by atoms with Gasteiger partial charge in [0.1, 0.15) is 5.75 Å². The minimum absolute atomic E-state index is 0.171. The maximum atomic E-state index is 5.56. The molecule has 3 rings (SSSR count). The van der Waals surface area contributed by atoms with Crippen LogP contribution in [0.25, 0.3) is 0 Å². The Balaban J connectivity index is 1.56. The molecule has 6 nitrogen and oxygen atoms in total. The number of aromatic nitrogens is 2. The first-order chi connectivity index (χ1) is 11.2. The number of hydrogen-bond acceptors (Lipinski definition) is 6. The van der Waals surface area contributed by atoms with Crippen molar-refractivity contribution in [1.82, 2.24) is 20.0 Å². The Labute approximate surface area is 137 Å². The van der Waals surface area contributed by atoms with Crippen LogP contribution in [0.15, 0.2) is 28.7 Å². The number of benzene rings is 1. The van der Waals surface area contributed by atoms with Crippen molar-refractivity contribution in [3.63, 3.8) is 0 Å². The number of ether oxygens (including phenoxy) is 1. The van der Waals surface area contributed by atoms with E-state index in [1.807, 2.05) is 19.1 Å². The Hall–Kier alpha value is -1.92. The van der Waals surface area contributed by atoms with Crippen molar-refractivity contribution in [3.05, 3.63) is 41.6 Å². The van der Waals surface area contributed by atoms with E-state index in [4.69, 9.17) is 9.15 Å². The summed E-state index contributed by atoms with van der Waals surface area (Å²) in [6, 6.07) is 8.40. The topological polar surface area (TPSA) is 54.6 Å². The zero-order chi connectivity index (χ0) is 16.2. The van der Waals surface area contributed by atoms with Crippen LogP contribution in [0.5, 0.6) is 5.75 Å². The van der Waals surface area contributed by atoms with Crippen LogP contribution in [0.3, 0.4) is 0 Å². The largest absolute Gasteiger partial charge is 0.496 e. The molecule has 0 radical (unpaired) electrons. The van der Waals surface area contributed by atoms with Crippen LogP contribution < -0.4 is 4.74 Å². The first-order valence-electron chi connectivity index (χ1n) is 8.05. The minimum Gasteiger partial charge on any atom is -0.496 e. The summed E-state index contributed by atoms with van der Waals surface area (Å²) < 4.78 is 11.0. The minimum atomic E-state index is 0.171. The van der Waals surface area contributed by atoms with Gasteiger partial charge in [-0.25, -0.2) is 0 Å². The van der Waals surface area contributed by atoms with Crippen molar-refractivity contribution in [2.24, 2.45) is 0 Å². The van der Waals surface area contributed by atoms with Crippen LogP contribution in [0.2, 0.25) is 0 Å². The molecule has 1 aromatic carbocycles. The fourth-order valence-electron chi connectivity index (χ4n) is 3.02. The zero-order valence-electron chi connectivity index (χ0n) is 14.0. The molecule has 0 aliphatic carbocycles. The molecule has 6 heteroatoms. The van der Waals surface area contributed by atoms with Gasteiger partial charge in [-0.2, -0.15) is 0 Å². The average Bonchev–Trinajstić information content (AvgIpc) is 3.02. The summed E-state index contributed by atoms with van der Waals surface area (Å²) >= 11 is 0. The second-order valence-corrected chi connectivity index (χ2v) is 5.96. The normalized spacial score (nSPS) is 18.0. The van der Waals surface area contributed by atoms with E-state index in [9.17, 15) is 0 Å². The second-order valence-electron chi connectivity index (χ2n) is 5.96. The molecule has 0 spiro atoms.